The first-order chi connectivity index (χ1) is 12.1. The average molecular weight is 349 g/mol. The van der Waals surface area contributed by atoms with E-state index in [9.17, 15) is 9.59 Å². The molecule has 1 aromatic rings. The van der Waals surface area contributed by atoms with Gasteiger partial charge in [0.05, 0.1) is 13.1 Å². The third-order valence-corrected chi connectivity index (χ3v) is 3.74. The Balaban J connectivity index is 1.67. The van der Waals surface area contributed by atoms with Gasteiger partial charge in [-0.25, -0.2) is 0 Å². The van der Waals surface area contributed by atoms with Crippen molar-refractivity contribution in [2.24, 2.45) is 0 Å². The van der Waals surface area contributed by atoms with E-state index in [0.29, 0.717) is 32.7 Å². The summed E-state index contributed by atoms with van der Waals surface area (Å²) in [5, 5.41) is 5.67. The molecule has 138 valence electrons. The largest absolute Gasteiger partial charge is 0.486 e. The van der Waals surface area contributed by atoms with E-state index in [1.165, 1.54) is 0 Å². The van der Waals surface area contributed by atoms with Gasteiger partial charge < -0.3 is 20.1 Å². The van der Waals surface area contributed by atoms with Crippen LogP contribution < -0.4 is 20.1 Å². The number of hydrogen-bond donors (Lipinski definition) is 2. The molecule has 0 spiro atoms. The lowest BCUT2D eigenvalue weighted by atomic mass is 10.1. The standard InChI is InChI=1S/C18H27N3O4/c1-3-7-19-17(22)12-21(2)13-18(23)20-8-6-14-4-5-15-16(11-14)25-10-9-24-15/h4-5,11H,3,6-10,12-13H2,1-2H3,(H,19,22)(H,20,23). The van der Waals surface area contributed by atoms with Crippen LogP contribution in [-0.2, 0) is 16.0 Å². The van der Waals surface area contributed by atoms with Crippen molar-refractivity contribution in [3.63, 3.8) is 0 Å². The van der Waals surface area contributed by atoms with Crippen LogP contribution in [0, 0.1) is 0 Å². The van der Waals surface area contributed by atoms with Crippen LogP contribution in [0.15, 0.2) is 18.2 Å². The molecule has 2 N–H and O–H groups in total. The number of benzene rings is 1. The summed E-state index contributed by atoms with van der Waals surface area (Å²) in [7, 11) is 1.76. The Bertz CT molecular complexity index is 592. The minimum absolute atomic E-state index is 0.0616. The van der Waals surface area contributed by atoms with E-state index >= 15 is 0 Å². The maximum absolute atomic E-state index is 11.9. The van der Waals surface area contributed by atoms with Crippen LogP contribution in [0.25, 0.3) is 0 Å². The van der Waals surface area contributed by atoms with Crippen molar-refractivity contribution in [1.29, 1.82) is 0 Å². The molecule has 0 unspecified atom stereocenters. The second-order valence-electron chi connectivity index (χ2n) is 6.10. The molecule has 0 aliphatic carbocycles. The highest BCUT2D eigenvalue weighted by molar-refractivity contribution is 5.81. The summed E-state index contributed by atoms with van der Waals surface area (Å²) in [6.45, 7) is 4.75. The Morgan fingerprint density at radius 3 is 2.36 bits per heavy atom. The molecule has 1 aliphatic heterocycles. The fourth-order valence-electron chi connectivity index (χ4n) is 2.51. The molecule has 0 saturated heterocycles. The number of hydrogen-bond acceptors (Lipinski definition) is 5. The summed E-state index contributed by atoms with van der Waals surface area (Å²) >= 11 is 0. The SMILES string of the molecule is CCCNC(=O)CN(C)CC(=O)NCCc1ccc2c(c1)OCCO2. The maximum Gasteiger partial charge on any atom is 0.234 e. The van der Waals surface area contributed by atoms with E-state index in [0.717, 1.165) is 23.5 Å². The van der Waals surface area contributed by atoms with Crippen molar-refractivity contribution in [1.82, 2.24) is 15.5 Å². The molecular formula is C18H27N3O4. The molecule has 7 heteroatoms. The first kappa shape index (κ1) is 19.1. The van der Waals surface area contributed by atoms with Gasteiger partial charge in [-0.15, -0.1) is 0 Å². The topological polar surface area (TPSA) is 79.9 Å². The van der Waals surface area contributed by atoms with Gasteiger partial charge in [0.25, 0.3) is 0 Å². The summed E-state index contributed by atoms with van der Waals surface area (Å²) < 4.78 is 11.0. The Labute approximate surface area is 148 Å². The normalized spacial score (nSPS) is 12.8. The Morgan fingerprint density at radius 2 is 1.68 bits per heavy atom. The van der Waals surface area contributed by atoms with Gasteiger partial charge >= 0.3 is 0 Å². The third-order valence-electron chi connectivity index (χ3n) is 3.74. The van der Waals surface area contributed by atoms with E-state index < -0.39 is 0 Å². The molecule has 0 fully saturated rings. The molecule has 0 aromatic heterocycles. The quantitative estimate of drug-likeness (QED) is 0.682. The summed E-state index contributed by atoms with van der Waals surface area (Å²) in [5.74, 6) is 1.37. The number of amides is 2. The van der Waals surface area contributed by atoms with E-state index in [4.69, 9.17) is 9.47 Å². The van der Waals surface area contributed by atoms with Crippen molar-refractivity contribution < 1.29 is 19.1 Å². The van der Waals surface area contributed by atoms with E-state index in [2.05, 4.69) is 10.6 Å². The van der Waals surface area contributed by atoms with Gasteiger partial charge in [-0.05, 0) is 37.6 Å². The predicted octanol–water partition coefficient (Wildman–Crippen LogP) is 0.575. The summed E-state index contributed by atoms with van der Waals surface area (Å²) in [5.41, 5.74) is 1.08. The van der Waals surface area contributed by atoms with Crippen molar-refractivity contribution in [2.75, 3.05) is 46.4 Å². The van der Waals surface area contributed by atoms with Gasteiger partial charge in [0, 0.05) is 13.1 Å². The van der Waals surface area contributed by atoms with Crippen LogP contribution >= 0.6 is 0 Å². The lowest BCUT2D eigenvalue weighted by Crippen LogP contribution is -2.41. The van der Waals surface area contributed by atoms with Crippen molar-refractivity contribution in [3.8, 4) is 11.5 Å². The fraction of sp³-hybridized carbons (Fsp3) is 0.556. The first-order valence-corrected chi connectivity index (χ1v) is 8.69. The number of nitrogens with one attached hydrogen (secondary N) is 2. The molecule has 0 atom stereocenters. The van der Waals surface area contributed by atoms with Crippen LogP contribution in [0.5, 0.6) is 11.5 Å². The van der Waals surface area contributed by atoms with E-state index in [1.807, 2.05) is 25.1 Å². The highest BCUT2D eigenvalue weighted by Gasteiger charge is 2.12. The van der Waals surface area contributed by atoms with E-state index in [1.54, 1.807) is 11.9 Å². The monoisotopic (exact) mass is 349 g/mol. The van der Waals surface area contributed by atoms with Crippen molar-refractivity contribution in [2.45, 2.75) is 19.8 Å². The molecule has 25 heavy (non-hydrogen) atoms. The first-order valence-electron chi connectivity index (χ1n) is 8.69. The highest BCUT2D eigenvalue weighted by Crippen LogP contribution is 2.30. The molecule has 0 bridgehead atoms. The highest BCUT2D eigenvalue weighted by atomic mass is 16.6. The smallest absolute Gasteiger partial charge is 0.234 e. The summed E-state index contributed by atoms with van der Waals surface area (Å²) in [6, 6.07) is 5.82. The number of carbonyl (C=O) groups is 2. The number of likely N-dealkylation sites (N-methyl/N-ethyl adjacent to an activating group) is 1. The third kappa shape index (κ3) is 6.62. The minimum Gasteiger partial charge on any atom is -0.486 e. The number of ether oxygens (including phenoxy) is 2. The molecule has 2 rings (SSSR count). The average Bonchev–Trinajstić information content (AvgIpc) is 2.59. The Kier molecular flexibility index (Phi) is 7.53. The minimum atomic E-state index is -0.0941. The zero-order valence-electron chi connectivity index (χ0n) is 15.0. The molecular weight excluding hydrogens is 322 g/mol. The van der Waals surface area contributed by atoms with Gasteiger partial charge in [-0.1, -0.05) is 13.0 Å². The Morgan fingerprint density at radius 1 is 1.04 bits per heavy atom. The zero-order chi connectivity index (χ0) is 18.1. The lowest BCUT2D eigenvalue weighted by Gasteiger charge is -2.19. The van der Waals surface area contributed by atoms with Gasteiger partial charge in [-0.3, -0.25) is 14.5 Å². The molecule has 7 nitrogen and oxygen atoms in total. The van der Waals surface area contributed by atoms with Crippen LogP contribution in [0.1, 0.15) is 18.9 Å². The maximum atomic E-state index is 11.9. The second kappa shape index (κ2) is 9.88. The van der Waals surface area contributed by atoms with Gasteiger partial charge in [0.2, 0.25) is 11.8 Å². The molecule has 0 radical (unpaired) electrons. The zero-order valence-corrected chi connectivity index (χ0v) is 15.0. The second-order valence-corrected chi connectivity index (χ2v) is 6.10. The van der Waals surface area contributed by atoms with Gasteiger partial charge in [0.15, 0.2) is 11.5 Å². The molecule has 1 aromatic carbocycles. The molecule has 2 amide bonds. The lowest BCUT2D eigenvalue weighted by molar-refractivity contribution is -0.124. The summed E-state index contributed by atoms with van der Waals surface area (Å²) in [4.78, 5) is 25.2. The van der Waals surface area contributed by atoms with Crippen LogP contribution in [0.4, 0.5) is 0 Å². The van der Waals surface area contributed by atoms with Crippen LogP contribution in [-0.4, -0.2) is 63.2 Å². The van der Waals surface area contributed by atoms with Gasteiger partial charge in [0.1, 0.15) is 13.2 Å². The number of rotatable bonds is 9. The Hall–Kier alpha value is -2.28. The molecule has 0 saturated carbocycles. The van der Waals surface area contributed by atoms with Crippen LogP contribution in [0.3, 0.4) is 0 Å². The summed E-state index contributed by atoms with van der Waals surface area (Å²) in [6.07, 6.45) is 1.61. The van der Waals surface area contributed by atoms with E-state index in [-0.39, 0.29) is 24.9 Å². The number of nitrogens with zero attached hydrogens (tertiary/aromatic N) is 1. The molecule has 1 heterocycles. The number of fused-ring (bicyclic) bond motifs is 1. The molecule has 1 aliphatic rings. The van der Waals surface area contributed by atoms with Crippen molar-refractivity contribution >= 4 is 11.8 Å². The van der Waals surface area contributed by atoms with Crippen LogP contribution in [0.2, 0.25) is 0 Å². The fourth-order valence-corrected chi connectivity index (χ4v) is 2.51. The number of carbonyl (C=O) groups excluding carboxylic acids is 2. The predicted molar refractivity (Wildman–Crippen MR) is 94.9 cm³/mol. The van der Waals surface area contributed by atoms with Crippen molar-refractivity contribution in [3.05, 3.63) is 23.8 Å². The van der Waals surface area contributed by atoms with Gasteiger partial charge in [-0.2, -0.15) is 0 Å².